The van der Waals surface area contributed by atoms with Crippen LogP contribution in [-0.2, 0) is 18.4 Å². The maximum Gasteiger partial charge on any atom is 0.268 e. The molecule has 0 aliphatic heterocycles. The molecule has 0 spiro atoms. The van der Waals surface area contributed by atoms with Gasteiger partial charge in [-0.15, -0.1) is 0 Å². The molecular weight excluding hydrogens is 659 g/mol. The summed E-state index contributed by atoms with van der Waals surface area (Å²) < 4.78 is 23.1. The number of phosphoric acid groups is 1. The summed E-state index contributed by atoms with van der Waals surface area (Å²) in [6, 6.07) is -0.902. The van der Waals surface area contributed by atoms with Gasteiger partial charge in [-0.05, 0) is 57.8 Å². The van der Waals surface area contributed by atoms with Gasteiger partial charge >= 0.3 is 0 Å². The fraction of sp³-hybridized carbons (Fsp3) is 0.833. The van der Waals surface area contributed by atoms with E-state index in [0.717, 1.165) is 38.5 Å². The third-order valence-corrected chi connectivity index (χ3v) is 10.0. The van der Waals surface area contributed by atoms with E-state index in [-0.39, 0.29) is 12.5 Å². The van der Waals surface area contributed by atoms with E-state index in [1.165, 1.54) is 116 Å². The van der Waals surface area contributed by atoms with Crippen LogP contribution in [0.3, 0.4) is 0 Å². The van der Waals surface area contributed by atoms with Crippen LogP contribution in [0.4, 0.5) is 0 Å². The molecular formula is C42H81N2O6P. The molecule has 0 aliphatic carbocycles. The number of likely N-dealkylation sites (N-methyl/N-ethyl adjacent to an activating group) is 1. The van der Waals surface area contributed by atoms with E-state index in [1.807, 2.05) is 27.2 Å². The number of rotatable bonds is 37. The van der Waals surface area contributed by atoms with Gasteiger partial charge in [-0.25, -0.2) is 0 Å². The van der Waals surface area contributed by atoms with E-state index in [4.69, 9.17) is 9.05 Å². The van der Waals surface area contributed by atoms with Crippen molar-refractivity contribution in [3.8, 4) is 0 Å². The number of aliphatic hydroxyl groups excluding tert-OH is 1. The molecule has 0 radical (unpaired) electrons. The molecule has 0 fully saturated rings. The Hall–Kier alpha value is -1.28. The molecule has 0 rings (SSSR count). The average Bonchev–Trinajstić information content (AvgIpc) is 3.07. The highest BCUT2D eigenvalue weighted by Crippen LogP contribution is 2.38. The average molecular weight is 741 g/mol. The number of carbonyl (C=O) groups is 1. The molecule has 8 nitrogen and oxygen atoms in total. The topological polar surface area (TPSA) is 108 Å². The van der Waals surface area contributed by atoms with E-state index >= 15 is 0 Å². The number of phosphoric ester groups is 1. The second-order valence-electron chi connectivity index (χ2n) is 15.3. The van der Waals surface area contributed by atoms with Crippen molar-refractivity contribution < 1.29 is 32.9 Å². The fourth-order valence-corrected chi connectivity index (χ4v) is 6.41. The molecule has 0 aromatic carbocycles. The van der Waals surface area contributed by atoms with E-state index < -0.39 is 26.6 Å². The van der Waals surface area contributed by atoms with Gasteiger partial charge in [0, 0.05) is 6.42 Å². The van der Waals surface area contributed by atoms with Gasteiger partial charge in [0.1, 0.15) is 13.2 Å². The van der Waals surface area contributed by atoms with Crippen LogP contribution in [0.5, 0.6) is 0 Å². The van der Waals surface area contributed by atoms with Gasteiger partial charge in [0.2, 0.25) is 5.91 Å². The fourth-order valence-electron chi connectivity index (χ4n) is 5.69. The number of nitrogens with one attached hydrogen (secondary N) is 1. The summed E-state index contributed by atoms with van der Waals surface area (Å²) in [5, 5.41) is 13.7. The number of allylic oxidation sites excluding steroid dienone is 5. The lowest BCUT2D eigenvalue weighted by molar-refractivity contribution is -0.870. The van der Waals surface area contributed by atoms with Crippen molar-refractivity contribution >= 4 is 13.7 Å². The second-order valence-corrected chi connectivity index (χ2v) is 16.7. The maximum absolute atomic E-state index is 12.8. The predicted molar refractivity (Wildman–Crippen MR) is 215 cm³/mol. The summed E-state index contributed by atoms with van der Waals surface area (Å²) in [7, 11) is 1.24. The van der Waals surface area contributed by atoms with Gasteiger partial charge in [-0.1, -0.05) is 147 Å². The Balaban J connectivity index is 4.45. The largest absolute Gasteiger partial charge is 0.756 e. The lowest BCUT2D eigenvalue weighted by Crippen LogP contribution is -2.45. The molecule has 3 unspecified atom stereocenters. The van der Waals surface area contributed by atoms with Gasteiger partial charge in [0.15, 0.2) is 0 Å². The lowest BCUT2D eigenvalue weighted by atomic mass is 10.1. The first-order chi connectivity index (χ1) is 24.5. The van der Waals surface area contributed by atoms with E-state index in [1.54, 1.807) is 6.08 Å². The molecule has 0 heterocycles. The highest BCUT2D eigenvalue weighted by Gasteiger charge is 2.23. The minimum Gasteiger partial charge on any atom is -0.756 e. The quantitative estimate of drug-likeness (QED) is 0.0284. The molecule has 300 valence electrons. The van der Waals surface area contributed by atoms with Crippen LogP contribution in [0, 0.1) is 0 Å². The van der Waals surface area contributed by atoms with Gasteiger partial charge in [0.05, 0.1) is 39.9 Å². The predicted octanol–water partition coefficient (Wildman–Crippen LogP) is 10.5. The minimum atomic E-state index is -4.59. The molecule has 3 atom stereocenters. The number of aliphatic hydroxyl groups is 1. The SMILES string of the molecule is CCCCCCC/C=C/CC/C=C/C(O)C(COP(=O)([O-])OCC[N+](C)(C)C)NC(=O)CCCCCCCCC/C=C\CCCCCCCCC. The first kappa shape index (κ1) is 49.7. The zero-order chi connectivity index (χ0) is 37.9. The van der Waals surface area contributed by atoms with Crippen LogP contribution in [0.15, 0.2) is 36.5 Å². The Morgan fingerprint density at radius 3 is 1.59 bits per heavy atom. The number of carbonyl (C=O) groups excluding carboxylic acids is 1. The molecule has 0 aromatic heterocycles. The van der Waals surface area contributed by atoms with Crippen LogP contribution in [-0.4, -0.2) is 68.5 Å². The molecule has 0 bridgehead atoms. The van der Waals surface area contributed by atoms with Crippen LogP contribution in [0.25, 0.3) is 0 Å². The van der Waals surface area contributed by atoms with Gasteiger partial charge in [-0.3, -0.25) is 9.36 Å². The number of nitrogens with zero attached hydrogens (tertiary/aromatic N) is 1. The van der Waals surface area contributed by atoms with E-state index in [0.29, 0.717) is 17.4 Å². The first-order valence-electron chi connectivity index (χ1n) is 20.9. The third kappa shape index (κ3) is 36.9. The van der Waals surface area contributed by atoms with Crippen molar-refractivity contribution in [2.45, 2.75) is 187 Å². The Kier molecular flexibility index (Phi) is 33.6. The Bertz CT molecular complexity index is 933. The van der Waals surface area contributed by atoms with Crippen molar-refractivity contribution in [1.29, 1.82) is 0 Å². The number of quaternary nitrogens is 1. The van der Waals surface area contributed by atoms with Gasteiger partial charge < -0.3 is 28.8 Å². The Morgan fingerprint density at radius 1 is 0.667 bits per heavy atom. The zero-order valence-corrected chi connectivity index (χ0v) is 34.7. The highest BCUT2D eigenvalue weighted by atomic mass is 31.2. The minimum absolute atomic E-state index is 0.00752. The number of unbranched alkanes of at least 4 members (excludes halogenated alkanes) is 20. The molecule has 0 saturated carbocycles. The third-order valence-electron chi connectivity index (χ3n) is 9.07. The number of amides is 1. The normalized spacial score (nSPS) is 14.9. The Morgan fingerprint density at radius 2 is 1.10 bits per heavy atom. The summed E-state index contributed by atoms with van der Waals surface area (Å²) in [5.74, 6) is -0.215. The molecule has 51 heavy (non-hydrogen) atoms. The summed E-state index contributed by atoms with van der Waals surface area (Å²) in [6.45, 7) is 4.58. The van der Waals surface area contributed by atoms with Gasteiger partial charge in [-0.2, -0.15) is 0 Å². The smallest absolute Gasteiger partial charge is 0.268 e. The standard InChI is InChI=1S/C42H81N2O6P/c1-6-8-10-12-14-16-18-19-20-21-22-23-24-26-28-30-32-34-36-42(46)43-40(39-50-51(47,48)49-38-37-44(3,4)5)41(45)35-33-31-29-27-25-17-15-13-11-9-7-2/h20-21,25,27,33,35,40-41,45H,6-19,22-24,26,28-32,34,36-39H2,1-5H3,(H-,43,46,47,48)/b21-20-,27-25+,35-33+. The van der Waals surface area contributed by atoms with Crippen molar-refractivity contribution in [3.05, 3.63) is 36.5 Å². The van der Waals surface area contributed by atoms with Crippen molar-refractivity contribution in [2.75, 3.05) is 40.9 Å². The Labute approximate surface area is 315 Å². The van der Waals surface area contributed by atoms with Crippen molar-refractivity contribution in [1.82, 2.24) is 5.32 Å². The number of hydrogen-bond donors (Lipinski definition) is 2. The van der Waals surface area contributed by atoms with E-state index in [9.17, 15) is 19.4 Å². The van der Waals surface area contributed by atoms with Gasteiger partial charge in [0.25, 0.3) is 7.82 Å². The molecule has 0 aliphatic rings. The maximum atomic E-state index is 12.8. The summed E-state index contributed by atoms with van der Waals surface area (Å²) in [6.07, 6.45) is 40.5. The lowest BCUT2D eigenvalue weighted by Gasteiger charge is -2.29. The highest BCUT2D eigenvalue weighted by molar-refractivity contribution is 7.45. The zero-order valence-electron chi connectivity index (χ0n) is 33.8. The molecule has 0 saturated heterocycles. The monoisotopic (exact) mass is 741 g/mol. The molecule has 1 amide bonds. The van der Waals surface area contributed by atoms with E-state index in [2.05, 4.69) is 43.5 Å². The molecule has 0 aromatic rings. The van der Waals surface area contributed by atoms with Crippen LogP contribution in [0.1, 0.15) is 174 Å². The van der Waals surface area contributed by atoms with Crippen molar-refractivity contribution in [3.63, 3.8) is 0 Å². The van der Waals surface area contributed by atoms with Crippen LogP contribution >= 0.6 is 7.82 Å². The summed E-state index contributed by atoms with van der Waals surface area (Å²) >= 11 is 0. The second kappa shape index (κ2) is 34.5. The summed E-state index contributed by atoms with van der Waals surface area (Å²) in [4.78, 5) is 25.2. The summed E-state index contributed by atoms with van der Waals surface area (Å²) in [5.41, 5.74) is 0. The van der Waals surface area contributed by atoms with Crippen molar-refractivity contribution in [2.24, 2.45) is 0 Å². The van der Waals surface area contributed by atoms with Crippen LogP contribution < -0.4 is 10.2 Å². The first-order valence-corrected chi connectivity index (χ1v) is 22.3. The molecule has 9 heteroatoms. The van der Waals surface area contributed by atoms with Crippen LogP contribution in [0.2, 0.25) is 0 Å². The number of hydrogen-bond acceptors (Lipinski definition) is 6. The molecule has 2 N–H and O–H groups in total.